The van der Waals surface area contributed by atoms with Gasteiger partial charge in [0.15, 0.2) is 5.60 Å². The summed E-state index contributed by atoms with van der Waals surface area (Å²) in [5, 5.41) is 0. The number of epoxide rings is 1. The van der Waals surface area contributed by atoms with Gasteiger partial charge in [0.1, 0.15) is 5.60 Å². The van der Waals surface area contributed by atoms with E-state index in [0.29, 0.717) is 5.92 Å². The molecule has 0 radical (unpaired) electrons. The first-order valence-electron chi connectivity index (χ1n) is 6.30. The fourth-order valence-electron chi connectivity index (χ4n) is 3.49. The van der Waals surface area contributed by atoms with Crippen LogP contribution in [0.3, 0.4) is 0 Å². The molecule has 1 spiro atoms. The van der Waals surface area contributed by atoms with E-state index in [2.05, 4.69) is 6.92 Å². The Hall–Kier alpha value is -0.570. The predicted octanol–water partition coefficient (Wildman–Crippen LogP) is 2.53. The van der Waals surface area contributed by atoms with Crippen LogP contribution in [-0.4, -0.2) is 24.3 Å². The molecule has 2 rings (SSSR count). The second-order valence-electron chi connectivity index (χ2n) is 5.52. The van der Waals surface area contributed by atoms with Crippen molar-refractivity contribution in [3.8, 4) is 0 Å². The average molecular weight is 226 g/mol. The number of hydrogen-bond donors (Lipinski definition) is 0. The summed E-state index contributed by atoms with van der Waals surface area (Å²) in [4.78, 5) is 12.0. The molecule has 3 heteroatoms. The van der Waals surface area contributed by atoms with Gasteiger partial charge in [-0.15, -0.1) is 0 Å². The summed E-state index contributed by atoms with van der Waals surface area (Å²) < 4.78 is 10.9. The predicted molar refractivity (Wildman–Crippen MR) is 61.0 cm³/mol. The summed E-state index contributed by atoms with van der Waals surface area (Å²) in [5.41, 5.74) is -0.895. The normalized spacial score (nSPS) is 42.4. The van der Waals surface area contributed by atoms with E-state index in [1.54, 1.807) is 0 Å². The van der Waals surface area contributed by atoms with Gasteiger partial charge in [0.2, 0.25) is 0 Å². The second-order valence-corrected chi connectivity index (χ2v) is 5.52. The van der Waals surface area contributed by atoms with E-state index in [-0.39, 0.29) is 17.5 Å². The smallest absolute Gasteiger partial charge is 0.341 e. The summed E-state index contributed by atoms with van der Waals surface area (Å²) in [5.74, 6) is 0.458. The number of carbonyl (C=O) groups is 1. The molecule has 1 heterocycles. The maximum atomic E-state index is 12.0. The third-order valence-electron chi connectivity index (χ3n) is 4.46. The highest BCUT2D eigenvalue weighted by Crippen LogP contribution is 2.62. The van der Waals surface area contributed by atoms with E-state index >= 15 is 0 Å². The fourth-order valence-corrected chi connectivity index (χ4v) is 3.49. The highest BCUT2D eigenvalue weighted by molar-refractivity contribution is 5.85. The van der Waals surface area contributed by atoms with Gasteiger partial charge in [0.25, 0.3) is 0 Å². The lowest BCUT2D eigenvalue weighted by Gasteiger charge is -2.30. The van der Waals surface area contributed by atoms with Crippen molar-refractivity contribution < 1.29 is 14.3 Å². The number of rotatable bonds is 2. The fraction of sp³-hybridized carbons (Fsp3) is 0.923. The molecule has 1 saturated heterocycles. The lowest BCUT2D eigenvalue weighted by molar-refractivity contribution is -0.148. The van der Waals surface area contributed by atoms with Gasteiger partial charge >= 0.3 is 5.97 Å². The molecule has 0 aromatic rings. The Balaban J connectivity index is 2.29. The number of ether oxygens (including phenoxy) is 2. The van der Waals surface area contributed by atoms with E-state index in [4.69, 9.17) is 9.47 Å². The lowest BCUT2D eigenvalue weighted by atomic mass is 9.69. The molecule has 1 aliphatic carbocycles. The number of hydrogen-bond acceptors (Lipinski definition) is 3. The average Bonchev–Trinajstić information content (AvgIpc) is 2.93. The Morgan fingerprint density at radius 3 is 2.62 bits per heavy atom. The zero-order valence-electron chi connectivity index (χ0n) is 10.7. The van der Waals surface area contributed by atoms with Crippen LogP contribution in [0.2, 0.25) is 0 Å². The zero-order chi connectivity index (χ0) is 12.0. The van der Waals surface area contributed by atoms with Crippen LogP contribution < -0.4 is 0 Å². The monoisotopic (exact) mass is 226 g/mol. The molecule has 0 aromatic heterocycles. The van der Waals surface area contributed by atoms with Gasteiger partial charge in [-0.25, -0.2) is 4.79 Å². The standard InChI is InChI=1S/C13H22O3/c1-9(2)13(11(14)15-4)12(16-13)8-6-5-7-10(12)3/h9-10H,5-8H2,1-4H3. The minimum Gasteiger partial charge on any atom is -0.467 e. The van der Waals surface area contributed by atoms with Gasteiger partial charge in [-0.3, -0.25) is 0 Å². The molecule has 1 saturated carbocycles. The molecule has 0 aromatic carbocycles. The maximum Gasteiger partial charge on any atom is 0.341 e. The summed E-state index contributed by atoms with van der Waals surface area (Å²) in [6.07, 6.45) is 4.57. The van der Waals surface area contributed by atoms with Crippen LogP contribution in [0.1, 0.15) is 46.5 Å². The first-order chi connectivity index (χ1) is 7.51. The van der Waals surface area contributed by atoms with Crippen LogP contribution in [-0.2, 0) is 14.3 Å². The van der Waals surface area contributed by atoms with Crippen molar-refractivity contribution in [3.05, 3.63) is 0 Å². The quantitative estimate of drug-likeness (QED) is 0.536. The lowest BCUT2D eigenvalue weighted by Crippen LogP contribution is -2.44. The first kappa shape index (κ1) is 11.9. The van der Waals surface area contributed by atoms with Crippen LogP contribution in [0.25, 0.3) is 0 Å². The summed E-state index contributed by atoms with van der Waals surface area (Å²) in [6.45, 7) is 6.30. The van der Waals surface area contributed by atoms with Crippen LogP contribution in [0.4, 0.5) is 0 Å². The van der Waals surface area contributed by atoms with Crippen molar-refractivity contribution in [3.63, 3.8) is 0 Å². The summed E-state index contributed by atoms with van der Waals surface area (Å²) in [7, 11) is 1.45. The van der Waals surface area contributed by atoms with Crippen molar-refractivity contribution in [2.45, 2.75) is 57.7 Å². The molecule has 2 fully saturated rings. The molecule has 0 N–H and O–H groups in total. The maximum absolute atomic E-state index is 12.0. The minimum absolute atomic E-state index is 0.181. The van der Waals surface area contributed by atoms with Gasteiger partial charge in [-0.2, -0.15) is 0 Å². The first-order valence-corrected chi connectivity index (χ1v) is 6.30. The van der Waals surface area contributed by atoms with Crippen molar-refractivity contribution in [2.75, 3.05) is 7.11 Å². The van der Waals surface area contributed by atoms with E-state index in [9.17, 15) is 4.79 Å². The van der Waals surface area contributed by atoms with Gasteiger partial charge in [-0.1, -0.05) is 33.6 Å². The zero-order valence-corrected chi connectivity index (χ0v) is 10.7. The van der Waals surface area contributed by atoms with Gasteiger partial charge < -0.3 is 9.47 Å². The highest BCUT2D eigenvalue weighted by atomic mass is 16.7. The van der Waals surface area contributed by atoms with E-state index < -0.39 is 5.60 Å². The van der Waals surface area contributed by atoms with Crippen LogP contribution >= 0.6 is 0 Å². The highest BCUT2D eigenvalue weighted by Gasteiger charge is 2.78. The second kappa shape index (κ2) is 3.73. The molecule has 2 aliphatic rings. The Bertz CT molecular complexity index is 300. The van der Waals surface area contributed by atoms with Gasteiger partial charge in [0, 0.05) is 0 Å². The van der Waals surface area contributed by atoms with Crippen molar-refractivity contribution in [1.82, 2.24) is 0 Å². The molecule has 3 unspecified atom stereocenters. The molecule has 92 valence electrons. The van der Waals surface area contributed by atoms with Crippen LogP contribution in [0.5, 0.6) is 0 Å². The topological polar surface area (TPSA) is 38.8 Å². The van der Waals surface area contributed by atoms with Crippen molar-refractivity contribution in [2.24, 2.45) is 11.8 Å². The molecular weight excluding hydrogens is 204 g/mol. The van der Waals surface area contributed by atoms with E-state index in [0.717, 1.165) is 19.3 Å². The number of esters is 1. The Morgan fingerprint density at radius 1 is 1.44 bits per heavy atom. The largest absolute Gasteiger partial charge is 0.467 e. The Kier molecular flexibility index (Phi) is 2.77. The van der Waals surface area contributed by atoms with Gasteiger partial charge in [-0.05, 0) is 24.7 Å². The van der Waals surface area contributed by atoms with Crippen LogP contribution in [0, 0.1) is 11.8 Å². The molecule has 16 heavy (non-hydrogen) atoms. The van der Waals surface area contributed by atoms with E-state index in [1.165, 1.54) is 13.5 Å². The van der Waals surface area contributed by atoms with Gasteiger partial charge in [0.05, 0.1) is 7.11 Å². The van der Waals surface area contributed by atoms with E-state index in [1.807, 2.05) is 13.8 Å². The molecule has 0 amide bonds. The molecule has 3 atom stereocenters. The summed E-state index contributed by atoms with van der Waals surface area (Å²) in [6, 6.07) is 0. The molecule has 3 nitrogen and oxygen atoms in total. The third-order valence-corrected chi connectivity index (χ3v) is 4.46. The SMILES string of the molecule is COC(=O)C1(C(C)C)OC12CCCCC2C. The Labute approximate surface area is 97.5 Å². The Morgan fingerprint density at radius 2 is 2.12 bits per heavy atom. The van der Waals surface area contributed by atoms with Crippen molar-refractivity contribution >= 4 is 5.97 Å². The third kappa shape index (κ3) is 1.27. The van der Waals surface area contributed by atoms with Crippen molar-refractivity contribution in [1.29, 1.82) is 0 Å². The number of carbonyl (C=O) groups excluding carboxylic acids is 1. The van der Waals surface area contributed by atoms with Crippen LogP contribution in [0.15, 0.2) is 0 Å². The summed E-state index contributed by atoms with van der Waals surface area (Å²) >= 11 is 0. The molecule has 1 aliphatic heterocycles. The molecular formula is C13H22O3. The number of methoxy groups -OCH3 is 1. The minimum atomic E-state index is -0.665. The molecule has 0 bridgehead atoms.